The standard InChI is InChI=1S/C18H26N2O3S/c1-18(2,3)20-16(21)11-19-17(22)14-8-4-5-9-15(14)24-12-13-7-6-10-23-13/h4-5,8-9,13H,6-7,10-12H2,1-3H3,(H,19,22)(H,20,21)/t13-/m1/s1. The molecule has 132 valence electrons. The van der Waals surface area contributed by atoms with E-state index in [1.165, 1.54) is 0 Å². The van der Waals surface area contributed by atoms with Gasteiger partial charge in [-0.2, -0.15) is 0 Å². The average molecular weight is 350 g/mol. The molecule has 0 saturated carbocycles. The average Bonchev–Trinajstić information content (AvgIpc) is 3.02. The van der Waals surface area contributed by atoms with Crippen molar-refractivity contribution in [3.63, 3.8) is 0 Å². The molecule has 2 N–H and O–H groups in total. The summed E-state index contributed by atoms with van der Waals surface area (Å²) in [7, 11) is 0. The van der Waals surface area contributed by atoms with Crippen molar-refractivity contribution in [2.75, 3.05) is 18.9 Å². The molecule has 0 aliphatic carbocycles. The number of benzene rings is 1. The molecule has 0 bridgehead atoms. The monoisotopic (exact) mass is 350 g/mol. The van der Waals surface area contributed by atoms with Crippen molar-refractivity contribution in [1.29, 1.82) is 0 Å². The van der Waals surface area contributed by atoms with Gasteiger partial charge < -0.3 is 15.4 Å². The van der Waals surface area contributed by atoms with Gasteiger partial charge in [0.05, 0.1) is 18.2 Å². The van der Waals surface area contributed by atoms with Crippen molar-refractivity contribution in [3.05, 3.63) is 29.8 Å². The Morgan fingerprint density at radius 2 is 2.04 bits per heavy atom. The molecule has 6 heteroatoms. The number of hydrogen-bond acceptors (Lipinski definition) is 4. The van der Waals surface area contributed by atoms with Crippen LogP contribution in [0.3, 0.4) is 0 Å². The van der Waals surface area contributed by atoms with E-state index in [2.05, 4.69) is 10.6 Å². The molecule has 5 nitrogen and oxygen atoms in total. The summed E-state index contributed by atoms with van der Waals surface area (Å²) < 4.78 is 5.63. The van der Waals surface area contributed by atoms with Crippen molar-refractivity contribution in [2.45, 2.75) is 50.2 Å². The minimum atomic E-state index is -0.309. The van der Waals surface area contributed by atoms with Crippen LogP contribution < -0.4 is 10.6 Å². The summed E-state index contributed by atoms with van der Waals surface area (Å²) >= 11 is 1.63. The minimum absolute atomic E-state index is 0.0269. The van der Waals surface area contributed by atoms with Crippen LogP contribution in [0.5, 0.6) is 0 Å². The number of carbonyl (C=O) groups excluding carboxylic acids is 2. The van der Waals surface area contributed by atoms with E-state index >= 15 is 0 Å². The Labute approximate surface area is 147 Å². The third kappa shape index (κ3) is 6.17. The Hall–Kier alpha value is -1.53. The molecular formula is C18H26N2O3S. The lowest BCUT2D eigenvalue weighted by Gasteiger charge is -2.20. The predicted octanol–water partition coefficient (Wildman–Crippen LogP) is 2.60. The highest BCUT2D eigenvalue weighted by atomic mass is 32.2. The lowest BCUT2D eigenvalue weighted by Crippen LogP contribution is -2.45. The van der Waals surface area contributed by atoms with E-state index in [-0.39, 0.29) is 30.0 Å². The van der Waals surface area contributed by atoms with Crippen LogP contribution in [0.1, 0.15) is 44.0 Å². The van der Waals surface area contributed by atoms with E-state index < -0.39 is 0 Å². The summed E-state index contributed by atoms with van der Waals surface area (Å²) in [6, 6.07) is 7.47. The summed E-state index contributed by atoms with van der Waals surface area (Å²) in [5.74, 6) is 0.421. The molecule has 1 atom stereocenters. The normalized spacial score (nSPS) is 17.5. The smallest absolute Gasteiger partial charge is 0.252 e. The van der Waals surface area contributed by atoms with Gasteiger partial charge in [-0.3, -0.25) is 9.59 Å². The Morgan fingerprint density at radius 3 is 2.71 bits per heavy atom. The van der Waals surface area contributed by atoms with E-state index in [1.54, 1.807) is 17.8 Å². The predicted molar refractivity (Wildman–Crippen MR) is 96.4 cm³/mol. The van der Waals surface area contributed by atoms with Gasteiger partial charge in [0.15, 0.2) is 0 Å². The van der Waals surface area contributed by atoms with E-state index in [9.17, 15) is 9.59 Å². The zero-order valence-corrected chi connectivity index (χ0v) is 15.4. The second kappa shape index (κ2) is 8.53. The molecule has 0 unspecified atom stereocenters. The molecular weight excluding hydrogens is 324 g/mol. The van der Waals surface area contributed by atoms with Gasteiger partial charge in [-0.1, -0.05) is 12.1 Å². The number of ether oxygens (including phenoxy) is 1. The van der Waals surface area contributed by atoms with Gasteiger partial charge in [0, 0.05) is 22.8 Å². The maximum Gasteiger partial charge on any atom is 0.252 e. The molecule has 0 aromatic heterocycles. The highest BCUT2D eigenvalue weighted by molar-refractivity contribution is 7.99. The topological polar surface area (TPSA) is 67.4 Å². The highest BCUT2D eigenvalue weighted by Crippen LogP contribution is 2.26. The summed E-state index contributed by atoms with van der Waals surface area (Å²) in [4.78, 5) is 25.1. The Balaban J connectivity index is 1.90. The van der Waals surface area contributed by atoms with E-state index in [4.69, 9.17) is 4.74 Å². The van der Waals surface area contributed by atoms with Gasteiger partial charge in [-0.25, -0.2) is 0 Å². The lowest BCUT2D eigenvalue weighted by atomic mass is 10.1. The van der Waals surface area contributed by atoms with E-state index in [0.717, 1.165) is 30.1 Å². The van der Waals surface area contributed by atoms with E-state index in [0.29, 0.717) is 5.56 Å². The second-order valence-electron chi connectivity index (χ2n) is 6.92. The number of rotatable bonds is 6. The number of thioether (sulfide) groups is 1. The molecule has 2 rings (SSSR count). The van der Waals surface area contributed by atoms with Crippen molar-refractivity contribution in [3.8, 4) is 0 Å². The van der Waals surface area contributed by atoms with Gasteiger partial charge >= 0.3 is 0 Å². The van der Waals surface area contributed by atoms with Crippen LogP contribution in [0.4, 0.5) is 0 Å². The Morgan fingerprint density at radius 1 is 1.29 bits per heavy atom. The summed E-state index contributed by atoms with van der Waals surface area (Å²) in [5.41, 5.74) is 0.292. The van der Waals surface area contributed by atoms with Crippen molar-refractivity contribution in [2.24, 2.45) is 0 Å². The van der Waals surface area contributed by atoms with Crippen LogP contribution >= 0.6 is 11.8 Å². The van der Waals surface area contributed by atoms with Gasteiger partial charge in [-0.05, 0) is 45.7 Å². The van der Waals surface area contributed by atoms with Gasteiger partial charge in [0.1, 0.15) is 0 Å². The zero-order chi connectivity index (χ0) is 17.6. The van der Waals surface area contributed by atoms with Gasteiger partial charge in [0.25, 0.3) is 5.91 Å². The molecule has 1 aliphatic heterocycles. The maximum absolute atomic E-state index is 12.4. The number of amides is 2. The van der Waals surface area contributed by atoms with Gasteiger partial charge in [0.2, 0.25) is 5.91 Å². The molecule has 0 radical (unpaired) electrons. The molecule has 1 saturated heterocycles. The molecule has 2 amide bonds. The Bertz CT molecular complexity index is 578. The minimum Gasteiger partial charge on any atom is -0.377 e. The van der Waals surface area contributed by atoms with Crippen LogP contribution in [0.2, 0.25) is 0 Å². The molecule has 0 spiro atoms. The fourth-order valence-corrected chi connectivity index (χ4v) is 3.58. The van der Waals surface area contributed by atoms with Crippen molar-refractivity contribution in [1.82, 2.24) is 10.6 Å². The molecule has 1 fully saturated rings. The fraction of sp³-hybridized carbons (Fsp3) is 0.556. The van der Waals surface area contributed by atoms with Crippen molar-refractivity contribution < 1.29 is 14.3 Å². The third-order valence-electron chi connectivity index (χ3n) is 3.50. The van der Waals surface area contributed by atoms with Crippen LogP contribution in [-0.4, -0.2) is 42.4 Å². The number of nitrogens with one attached hydrogen (secondary N) is 2. The lowest BCUT2D eigenvalue weighted by molar-refractivity contribution is -0.121. The summed E-state index contributed by atoms with van der Waals surface area (Å²) in [6.07, 6.45) is 2.45. The molecule has 1 aromatic carbocycles. The van der Waals surface area contributed by atoms with Crippen LogP contribution in [0.15, 0.2) is 29.2 Å². The molecule has 1 aromatic rings. The quantitative estimate of drug-likeness (QED) is 0.774. The zero-order valence-electron chi connectivity index (χ0n) is 14.6. The van der Waals surface area contributed by atoms with Crippen molar-refractivity contribution >= 4 is 23.6 Å². The largest absolute Gasteiger partial charge is 0.377 e. The third-order valence-corrected chi connectivity index (χ3v) is 4.71. The Kier molecular flexibility index (Phi) is 6.69. The second-order valence-corrected chi connectivity index (χ2v) is 7.98. The highest BCUT2D eigenvalue weighted by Gasteiger charge is 2.19. The number of hydrogen-bond donors (Lipinski definition) is 2. The molecule has 1 heterocycles. The first kappa shape index (κ1) is 18.8. The first-order valence-corrected chi connectivity index (χ1v) is 9.26. The number of carbonyl (C=O) groups is 2. The first-order valence-electron chi connectivity index (χ1n) is 8.28. The first-order chi connectivity index (χ1) is 11.3. The van der Waals surface area contributed by atoms with Gasteiger partial charge in [-0.15, -0.1) is 11.8 Å². The fourth-order valence-electron chi connectivity index (χ4n) is 2.46. The maximum atomic E-state index is 12.4. The van der Waals surface area contributed by atoms with Crippen LogP contribution in [0, 0.1) is 0 Å². The van der Waals surface area contributed by atoms with E-state index in [1.807, 2.05) is 39.0 Å². The summed E-state index contributed by atoms with van der Waals surface area (Å²) in [6.45, 7) is 6.52. The SMILES string of the molecule is CC(C)(C)NC(=O)CNC(=O)c1ccccc1SC[C@H]1CCCO1. The molecule has 1 aliphatic rings. The van der Waals surface area contributed by atoms with Crippen LogP contribution in [-0.2, 0) is 9.53 Å². The van der Waals surface area contributed by atoms with Crippen LogP contribution in [0.25, 0.3) is 0 Å². The summed E-state index contributed by atoms with van der Waals surface area (Å²) in [5, 5.41) is 5.52. The molecule has 24 heavy (non-hydrogen) atoms.